The molecule has 0 radical (unpaired) electrons. The molecule has 0 bridgehead atoms. The van der Waals surface area contributed by atoms with Crippen LogP contribution < -0.4 is 5.73 Å². The van der Waals surface area contributed by atoms with Crippen LogP contribution in [0.3, 0.4) is 0 Å². The van der Waals surface area contributed by atoms with Gasteiger partial charge >= 0.3 is 0 Å². The van der Waals surface area contributed by atoms with Crippen molar-refractivity contribution in [1.29, 1.82) is 0 Å². The Morgan fingerprint density at radius 1 is 1.33 bits per heavy atom. The molecule has 0 spiro atoms. The van der Waals surface area contributed by atoms with Gasteiger partial charge < -0.3 is 15.4 Å². The van der Waals surface area contributed by atoms with Gasteiger partial charge in [0, 0.05) is 18.7 Å². The molecule has 0 unspecified atom stereocenters. The molecular formula is C26H37FN2O. The topological polar surface area (TPSA) is 46.3 Å². The summed E-state index contributed by atoms with van der Waals surface area (Å²) in [6, 6.07) is 0. The molecule has 0 saturated carbocycles. The second-order valence-corrected chi connectivity index (χ2v) is 8.15. The van der Waals surface area contributed by atoms with Gasteiger partial charge in [-0.05, 0) is 92.9 Å². The Labute approximate surface area is 181 Å². The minimum absolute atomic E-state index is 0.317. The van der Waals surface area contributed by atoms with E-state index in [-0.39, 0.29) is 6.67 Å². The van der Waals surface area contributed by atoms with E-state index in [1.807, 2.05) is 6.92 Å². The third-order valence-electron chi connectivity index (χ3n) is 6.20. The molecule has 2 aliphatic rings. The van der Waals surface area contributed by atoms with Crippen molar-refractivity contribution in [3.05, 3.63) is 69.3 Å². The highest BCUT2D eigenvalue weighted by molar-refractivity contribution is 5.62. The maximum atomic E-state index is 12.8. The summed E-state index contributed by atoms with van der Waals surface area (Å²) >= 11 is 0. The standard InChI is InChI=1S/C26H37FN2O/c1-6-9-24-20(5)29(7-2)26(17-22(24)13-15-30)25(28)16-21-10-8-11-23(19(21)4)18(3)12-14-27/h15-17H,5-14,28H2,1-4H3/b23-18-,25-16-. The lowest BCUT2D eigenvalue weighted by Crippen LogP contribution is -2.29. The summed E-state index contributed by atoms with van der Waals surface area (Å²) in [6.07, 6.45) is 10.9. The maximum Gasteiger partial charge on any atom is 0.124 e. The Morgan fingerprint density at radius 2 is 2.07 bits per heavy atom. The molecule has 4 heteroatoms. The number of hydrogen-bond acceptors (Lipinski definition) is 3. The zero-order chi connectivity index (χ0) is 22.3. The first-order valence-corrected chi connectivity index (χ1v) is 11.2. The Hall–Kier alpha value is -2.36. The van der Waals surface area contributed by atoms with Gasteiger partial charge in [-0.3, -0.25) is 4.39 Å². The van der Waals surface area contributed by atoms with Crippen molar-refractivity contribution >= 4 is 6.29 Å². The number of carbonyl (C=O) groups excluding carboxylic acids is 1. The van der Waals surface area contributed by atoms with Crippen LogP contribution in [0.15, 0.2) is 69.3 Å². The molecule has 164 valence electrons. The number of halogens is 1. The fourth-order valence-corrected chi connectivity index (χ4v) is 4.54. The summed E-state index contributed by atoms with van der Waals surface area (Å²) in [4.78, 5) is 13.4. The molecule has 0 aromatic carbocycles. The Kier molecular flexibility index (Phi) is 8.88. The number of nitrogens with zero attached hydrogens (tertiary/aromatic N) is 1. The molecule has 3 nitrogen and oxygen atoms in total. The van der Waals surface area contributed by atoms with Gasteiger partial charge in [-0.25, -0.2) is 0 Å². The van der Waals surface area contributed by atoms with Gasteiger partial charge in [-0.1, -0.05) is 25.5 Å². The number of alkyl halides is 1. The van der Waals surface area contributed by atoms with Crippen molar-refractivity contribution in [3.8, 4) is 0 Å². The van der Waals surface area contributed by atoms with Crippen LogP contribution in [-0.2, 0) is 4.79 Å². The Morgan fingerprint density at radius 3 is 2.67 bits per heavy atom. The van der Waals surface area contributed by atoms with Crippen LogP contribution in [0.25, 0.3) is 0 Å². The predicted molar refractivity (Wildman–Crippen MR) is 124 cm³/mol. The van der Waals surface area contributed by atoms with Crippen molar-refractivity contribution in [2.24, 2.45) is 5.73 Å². The lowest BCUT2D eigenvalue weighted by atomic mass is 9.84. The predicted octanol–water partition coefficient (Wildman–Crippen LogP) is 6.42. The third kappa shape index (κ3) is 5.21. The monoisotopic (exact) mass is 412 g/mol. The van der Waals surface area contributed by atoms with Crippen LogP contribution in [0.4, 0.5) is 4.39 Å². The first-order chi connectivity index (χ1) is 14.4. The van der Waals surface area contributed by atoms with E-state index < -0.39 is 0 Å². The van der Waals surface area contributed by atoms with E-state index in [4.69, 9.17) is 5.73 Å². The van der Waals surface area contributed by atoms with E-state index in [2.05, 4.69) is 44.4 Å². The van der Waals surface area contributed by atoms with Crippen LogP contribution in [0.2, 0.25) is 0 Å². The number of rotatable bonds is 9. The first kappa shape index (κ1) is 23.9. The summed E-state index contributed by atoms with van der Waals surface area (Å²) in [6.45, 7) is 13.2. The summed E-state index contributed by atoms with van der Waals surface area (Å²) in [5, 5.41) is 0. The van der Waals surface area contributed by atoms with Crippen LogP contribution in [0.1, 0.15) is 72.6 Å². The van der Waals surface area contributed by atoms with Crippen molar-refractivity contribution in [1.82, 2.24) is 4.90 Å². The fraction of sp³-hybridized carbons (Fsp3) is 0.500. The molecule has 0 aromatic rings. The molecule has 1 aliphatic heterocycles. The normalized spacial score (nSPS) is 20.0. The van der Waals surface area contributed by atoms with Gasteiger partial charge in [0.25, 0.3) is 0 Å². The molecule has 1 heterocycles. The molecule has 2 N–H and O–H groups in total. The average molecular weight is 413 g/mol. The molecular weight excluding hydrogens is 375 g/mol. The minimum Gasteiger partial charge on any atom is -0.397 e. The van der Waals surface area contributed by atoms with Gasteiger partial charge in [0.05, 0.1) is 18.1 Å². The fourth-order valence-electron chi connectivity index (χ4n) is 4.54. The summed E-state index contributed by atoms with van der Waals surface area (Å²) in [5.74, 6) is 0. The minimum atomic E-state index is -0.317. The molecule has 0 amide bonds. The Bertz CT molecular complexity index is 839. The zero-order valence-corrected chi connectivity index (χ0v) is 19.1. The maximum absolute atomic E-state index is 12.8. The van der Waals surface area contributed by atoms with Gasteiger partial charge in [0.1, 0.15) is 6.29 Å². The summed E-state index contributed by atoms with van der Waals surface area (Å²) in [7, 11) is 0. The average Bonchev–Trinajstić information content (AvgIpc) is 2.72. The highest BCUT2D eigenvalue weighted by atomic mass is 19.1. The van der Waals surface area contributed by atoms with E-state index in [0.29, 0.717) is 18.5 Å². The van der Waals surface area contributed by atoms with Gasteiger partial charge in [-0.2, -0.15) is 0 Å². The van der Waals surface area contributed by atoms with Crippen LogP contribution in [0.5, 0.6) is 0 Å². The number of nitrogens with two attached hydrogens (primary N) is 1. The number of aldehydes is 1. The van der Waals surface area contributed by atoms with E-state index in [9.17, 15) is 9.18 Å². The number of allylic oxidation sites excluding steroid dienone is 8. The van der Waals surface area contributed by atoms with Crippen molar-refractivity contribution in [3.63, 3.8) is 0 Å². The lowest BCUT2D eigenvalue weighted by Gasteiger charge is -2.35. The van der Waals surface area contributed by atoms with Crippen molar-refractivity contribution < 1.29 is 9.18 Å². The van der Waals surface area contributed by atoms with E-state index in [1.165, 1.54) is 16.7 Å². The van der Waals surface area contributed by atoms with Crippen LogP contribution >= 0.6 is 0 Å². The van der Waals surface area contributed by atoms with E-state index in [0.717, 1.165) is 73.0 Å². The largest absolute Gasteiger partial charge is 0.397 e. The quantitative estimate of drug-likeness (QED) is 0.444. The second-order valence-electron chi connectivity index (χ2n) is 8.15. The van der Waals surface area contributed by atoms with Crippen LogP contribution in [0, 0.1) is 0 Å². The number of likely N-dealkylation sites (N-methyl/N-ethyl adjacent to an activating group) is 1. The van der Waals surface area contributed by atoms with Gasteiger partial charge in [0.2, 0.25) is 0 Å². The lowest BCUT2D eigenvalue weighted by molar-refractivity contribution is -0.107. The van der Waals surface area contributed by atoms with Gasteiger partial charge in [-0.15, -0.1) is 0 Å². The molecule has 30 heavy (non-hydrogen) atoms. The highest BCUT2D eigenvalue weighted by Gasteiger charge is 2.24. The molecule has 1 aliphatic carbocycles. The van der Waals surface area contributed by atoms with E-state index in [1.54, 1.807) is 0 Å². The third-order valence-corrected chi connectivity index (χ3v) is 6.20. The SMILES string of the molecule is C=C1C(CCC)=C(CC=O)C=C(/C(N)=C/C2=C(C)C(=C(/C)CCF)/CCC2)N1CC. The number of hydrogen-bond donors (Lipinski definition) is 1. The first-order valence-electron chi connectivity index (χ1n) is 11.2. The molecule has 2 rings (SSSR count). The molecule has 0 atom stereocenters. The molecule has 0 saturated heterocycles. The highest BCUT2D eigenvalue weighted by Crippen LogP contribution is 2.37. The number of carbonyl (C=O) groups is 1. The summed E-state index contributed by atoms with van der Waals surface area (Å²) < 4.78 is 12.8. The van der Waals surface area contributed by atoms with Gasteiger partial charge in [0.15, 0.2) is 0 Å². The Balaban J connectivity index is 2.52. The smallest absolute Gasteiger partial charge is 0.124 e. The van der Waals surface area contributed by atoms with Crippen molar-refractivity contribution in [2.75, 3.05) is 13.2 Å². The molecule has 0 fully saturated rings. The van der Waals surface area contributed by atoms with E-state index >= 15 is 0 Å². The zero-order valence-electron chi connectivity index (χ0n) is 19.1. The summed E-state index contributed by atoms with van der Waals surface area (Å²) in [5.41, 5.74) is 16.2. The second kappa shape index (κ2) is 11.1. The van der Waals surface area contributed by atoms with Crippen molar-refractivity contribution in [2.45, 2.75) is 72.6 Å². The van der Waals surface area contributed by atoms with Crippen LogP contribution in [-0.4, -0.2) is 24.4 Å². The molecule has 0 aromatic heterocycles.